The van der Waals surface area contributed by atoms with Crippen LogP contribution in [0, 0.1) is 6.92 Å². The van der Waals surface area contributed by atoms with Crippen molar-refractivity contribution >= 4 is 17.3 Å². The molecule has 0 spiro atoms. The normalized spacial score (nSPS) is 10.4. The average molecular weight is 210 g/mol. The Morgan fingerprint density at radius 2 is 2.43 bits per heavy atom. The monoisotopic (exact) mass is 210 g/mol. The second kappa shape index (κ2) is 3.22. The van der Waals surface area contributed by atoms with Gasteiger partial charge < -0.3 is 9.52 Å². The van der Waals surface area contributed by atoms with E-state index in [-0.39, 0.29) is 4.88 Å². The SMILES string of the molecule is Cc1nc(-c2ncc(C(=O)O)s2)co1. The lowest BCUT2D eigenvalue weighted by Gasteiger charge is -1.83. The zero-order valence-corrected chi connectivity index (χ0v) is 8.04. The van der Waals surface area contributed by atoms with Crippen LogP contribution in [0.25, 0.3) is 10.7 Å². The molecule has 0 aromatic carbocycles. The average Bonchev–Trinajstić information content (AvgIpc) is 2.70. The molecule has 0 saturated carbocycles. The van der Waals surface area contributed by atoms with Crippen LogP contribution in [0.15, 0.2) is 16.9 Å². The van der Waals surface area contributed by atoms with Gasteiger partial charge in [-0.2, -0.15) is 0 Å². The van der Waals surface area contributed by atoms with Gasteiger partial charge in [-0.05, 0) is 0 Å². The number of aromatic carboxylic acids is 1. The molecule has 1 N–H and O–H groups in total. The molecule has 14 heavy (non-hydrogen) atoms. The zero-order valence-electron chi connectivity index (χ0n) is 7.22. The number of oxazole rings is 1. The van der Waals surface area contributed by atoms with Gasteiger partial charge in [0.2, 0.25) is 0 Å². The number of carbonyl (C=O) groups is 1. The third kappa shape index (κ3) is 1.51. The molecule has 2 heterocycles. The van der Waals surface area contributed by atoms with Gasteiger partial charge in [0.15, 0.2) is 5.89 Å². The van der Waals surface area contributed by atoms with Crippen LogP contribution in [0.4, 0.5) is 0 Å². The summed E-state index contributed by atoms with van der Waals surface area (Å²) in [5, 5.41) is 9.23. The molecular formula is C8H6N2O3S. The summed E-state index contributed by atoms with van der Waals surface area (Å²) in [4.78, 5) is 18.8. The smallest absolute Gasteiger partial charge is 0.347 e. The molecule has 2 rings (SSSR count). The number of hydrogen-bond donors (Lipinski definition) is 1. The van der Waals surface area contributed by atoms with E-state index in [9.17, 15) is 4.79 Å². The highest BCUT2D eigenvalue weighted by atomic mass is 32.1. The Balaban J connectivity index is 2.38. The van der Waals surface area contributed by atoms with E-state index in [1.807, 2.05) is 0 Å². The highest BCUT2D eigenvalue weighted by molar-refractivity contribution is 7.16. The van der Waals surface area contributed by atoms with Gasteiger partial charge in [-0.15, -0.1) is 11.3 Å². The van der Waals surface area contributed by atoms with Crippen LogP contribution in [0.2, 0.25) is 0 Å². The minimum absolute atomic E-state index is 0.195. The first-order valence-electron chi connectivity index (χ1n) is 3.78. The summed E-state index contributed by atoms with van der Waals surface area (Å²) in [5.41, 5.74) is 0.569. The molecular weight excluding hydrogens is 204 g/mol. The fraction of sp³-hybridized carbons (Fsp3) is 0.125. The number of nitrogens with zero attached hydrogens (tertiary/aromatic N) is 2. The second-order valence-corrected chi connectivity index (χ2v) is 3.62. The van der Waals surface area contributed by atoms with E-state index in [0.29, 0.717) is 16.6 Å². The predicted octanol–water partition coefficient (Wildman–Crippen LogP) is 1.80. The van der Waals surface area contributed by atoms with E-state index in [4.69, 9.17) is 9.52 Å². The summed E-state index contributed by atoms with van der Waals surface area (Å²) in [6.45, 7) is 1.72. The van der Waals surface area contributed by atoms with Crippen molar-refractivity contribution < 1.29 is 14.3 Å². The van der Waals surface area contributed by atoms with Crippen molar-refractivity contribution in [3.05, 3.63) is 23.2 Å². The van der Waals surface area contributed by atoms with Crippen molar-refractivity contribution in [1.82, 2.24) is 9.97 Å². The number of thiazole rings is 1. The number of rotatable bonds is 2. The third-order valence-electron chi connectivity index (χ3n) is 1.55. The van der Waals surface area contributed by atoms with Gasteiger partial charge in [-0.3, -0.25) is 0 Å². The van der Waals surface area contributed by atoms with Crippen molar-refractivity contribution in [3.8, 4) is 10.7 Å². The molecule has 5 nitrogen and oxygen atoms in total. The van der Waals surface area contributed by atoms with E-state index < -0.39 is 5.97 Å². The van der Waals surface area contributed by atoms with Gasteiger partial charge in [0.05, 0.1) is 6.20 Å². The molecule has 0 saturated heterocycles. The van der Waals surface area contributed by atoms with Crippen LogP contribution in [-0.4, -0.2) is 21.0 Å². The molecule has 0 atom stereocenters. The maximum Gasteiger partial charge on any atom is 0.347 e. The lowest BCUT2D eigenvalue weighted by molar-refractivity contribution is 0.0702. The van der Waals surface area contributed by atoms with Crippen LogP contribution < -0.4 is 0 Å². The number of carboxylic acid groups (broad SMARTS) is 1. The molecule has 0 unspecified atom stereocenters. The first-order chi connectivity index (χ1) is 6.66. The minimum atomic E-state index is -0.978. The minimum Gasteiger partial charge on any atom is -0.477 e. The highest BCUT2D eigenvalue weighted by Crippen LogP contribution is 2.24. The van der Waals surface area contributed by atoms with Crippen LogP contribution in [0.1, 0.15) is 15.6 Å². The second-order valence-electron chi connectivity index (χ2n) is 2.59. The summed E-state index contributed by atoms with van der Waals surface area (Å²) in [7, 11) is 0. The van der Waals surface area contributed by atoms with Crippen molar-refractivity contribution in [3.63, 3.8) is 0 Å². The first kappa shape index (κ1) is 8.89. The van der Waals surface area contributed by atoms with Gasteiger partial charge in [-0.1, -0.05) is 0 Å². The van der Waals surface area contributed by atoms with Gasteiger partial charge >= 0.3 is 5.97 Å². The number of hydrogen-bond acceptors (Lipinski definition) is 5. The molecule has 0 radical (unpaired) electrons. The summed E-state index contributed by atoms with van der Waals surface area (Å²) in [6, 6.07) is 0. The van der Waals surface area contributed by atoms with Gasteiger partial charge in [0, 0.05) is 6.92 Å². The fourth-order valence-corrected chi connectivity index (χ4v) is 1.66. The van der Waals surface area contributed by atoms with Crippen molar-refractivity contribution in [1.29, 1.82) is 0 Å². The van der Waals surface area contributed by atoms with E-state index in [2.05, 4.69) is 9.97 Å². The van der Waals surface area contributed by atoms with Crippen molar-refractivity contribution in [2.75, 3.05) is 0 Å². The molecule has 0 aliphatic carbocycles. The predicted molar refractivity (Wildman–Crippen MR) is 49.3 cm³/mol. The topological polar surface area (TPSA) is 76.2 Å². The third-order valence-corrected chi connectivity index (χ3v) is 2.56. The van der Waals surface area contributed by atoms with Crippen molar-refractivity contribution in [2.24, 2.45) is 0 Å². The van der Waals surface area contributed by atoms with Gasteiger partial charge in [0.1, 0.15) is 21.8 Å². The molecule has 0 bridgehead atoms. The Labute approximate surface area is 83.0 Å². The van der Waals surface area contributed by atoms with Crippen LogP contribution in [-0.2, 0) is 0 Å². The lowest BCUT2D eigenvalue weighted by Crippen LogP contribution is -1.89. The Kier molecular flexibility index (Phi) is 2.05. The summed E-state index contributed by atoms with van der Waals surface area (Å²) >= 11 is 1.07. The maximum atomic E-state index is 10.6. The van der Waals surface area contributed by atoms with Crippen LogP contribution >= 0.6 is 11.3 Å². The lowest BCUT2D eigenvalue weighted by atomic mass is 10.5. The van der Waals surface area contributed by atoms with E-state index >= 15 is 0 Å². The maximum absolute atomic E-state index is 10.6. The fourth-order valence-electron chi connectivity index (χ4n) is 0.953. The van der Waals surface area contributed by atoms with E-state index in [1.54, 1.807) is 6.92 Å². The number of carboxylic acids is 1. The van der Waals surface area contributed by atoms with E-state index in [1.165, 1.54) is 12.5 Å². The molecule has 0 aliphatic heterocycles. The molecule has 0 amide bonds. The standard InChI is InChI=1S/C8H6N2O3S/c1-4-10-5(3-13-4)7-9-2-6(14-7)8(11)12/h2-3H,1H3,(H,11,12). The van der Waals surface area contributed by atoms with E-state index in [0.717, 1.165) is 11.3 Å². The summed E-state index contributed by atoms with van der Waals surface area (Å²) in [5.74, 6) is -0.443. The Morgan fingerprint density at radius 1 is 1.64 bits per heavy atom. The first-order valence-corrected chi connectivity index (χ1v) is 4.60. The largest absolute Gasteiger partial charge is 0.477 e. The van der Waals surface area contributed by atoms with Gasteiger partial charge in [0.25, 0.3) is 0 Å². The van der Waals surface area contributed by atoms with Crippen molar-refractivity contribution in [2.45, 2.75) is 6.92 Å². The highest BCUT2D eigenvalue weighted by Gasteiger charge is 2.12. The summed E-state index contributed by atoms with van der Waals surface area (Å²) in [6.07, 6.45) is 2.77. The Bertz CT molecular complexity index is 474. The molecule has 0 aliphatic rings. The van der Waals surface area contributed by atoms with Crippen LogP contribution in [0.3, 0.4) is 0 Å². The molecule has 72 valence electrons. The summed E-state index contributed by atoms with van der Waals surface area (Å²) < 4.78 is 5.00. The number of aryl methyl sites for hydroxylation is 1. The molecule has 2 aromatic rings. The number of aromatic nitrogens is 2. The Hall–Kier alpha value is -1.69. The molecule has 0 fully saturated rings. The molecule has 6 heteroatoms. The molecule has 2 aromatic heterocycles. The quantitative estimate of drug-likeness (QED) is 0.817. The van der Waals surface area contributed by atoms with Gasteiger partial charge in [-0.25, -0.2) is 14.8 Å². The zero-order chi connectivity index (χ0) is 10.1. The van der Waals surface area contributed by atoms with Crippen LogP contribution in [0.5, 0.6) is 0 Å². The Morgan fingerprint density at radius 3 is 2.93 bits per heavy atom.